The normalized spacial score (nSPS) is 13.0. The average molecular weight is 508 g/mol. The van der Waals surface area contributed by atoms with Crippen LogP contribution in [0.25, 0.3) is 10.2 Å². The third-order valence-corrected chi connectivity index (χ3v) is 8.27. The Bertz CT molecular complexity index is 821. The van der Waals surface area contributed by atoms with E-state index in [0.29, 0.717) is 13.2 Å². The lowest BCUT2D eigenvalue weighted by Gasteiger charge is -2.24. The van der Waals surface area contributed by atoms with Gasteiger partial charge in [0.2, 0.25) is 0 Å². The van der Waals surface area contributed by atoms with E-state index in [9.17, 15) is 9.59 Å². The summed E-state index contributed by atoms with van der Waals surface area (Å²) in [5.74, 6) is -1.13. The van der Waals surface area contributed by atoms with E-state index in [1.165, 1.54) is 0 Å². The zero-order valence-electron chi connectivity index (χ0n) is 21.1. The molecule has 1 heterocycles. The first kappa shape index (κ1) is 28.6. The highest BCUT2D eigenvalue weighted by Crippen LogP contribution is 2.38. The van der Waals surface area contributed by atoms with E-state index < -0.39 is 5.92 Å². The second-order valence-corrected chi connectivity index (χ2v) is 11.2. The van der Waals surface area contributed by atoms with Crippen molar-refractivity contribution < 1.29 is 19.1 Å². The summed E-state index contributed by atoms with van der Waals surface area (Å²) in [6.45, 7) is 7.24. The molecular formula is C27H41NO4S2. The second kappa shape index (κ2) is 16.9. The standard InChI is InChI=1S/C27H41NO4S2/c1-4-7-9-13-18-31-25(29)20-21(26(30)32-19-14-10-8-5-2)23(15-6-3)33-27-28-22-16-11-12-17-24(22)34-27/h11-12,16-17,21,23H,4-10,13-15,18-20H2,1-3H3. The largest absolute Gasteiger partial charge is 0.466 e. The van der Waals surface area contributed by atoms with Crippen molar-refractivity contribution in [3.05, 3.63) is 24.3 Å². The Balaban J connectivity index is 2.07. The molecule has 0 aliphatic heterocycles. The van der Waals surface area contributed by atoms with Gasteiger partial charge in [-0.1, -0.05) is 89.6 Å². The number of ether oxygens (including phenoxy) is 2. The van der Waals surface area contributed by atoms with Crippen LogP contribution in [0.5, 0.6) is 0 Å². The Morgan fingerprint density at radius 1 is 0.912 bits per heavy atom. The zero-order valence-corrected chi connectivity index (χ0v) is 22.7. The molecule has 0 amide bonds. The van der Waals surface area contributed by atoms with Gasteiger partial charge < -0.3 is 9.47 Å². The summed E-state index contributed by atoms with van der Waals surface area (Å²) in [6, 6.07) is 8.05. The fraction of sp³-hybridized carbons (Fsp3) is 0.667. The molecule has 34 heavy (non-hydrogen) atoms. The lowest BCUT2D eigenvalue weighted by molar-refractivity contribution is -0.155. The number of carbonyl (C=O) groups is 2. The number of benzene rings is 1. The summed E-state index contributed by atoms with van der Waals surface area (Å²) in [7, 11) is 0. The Morgan fingerprint density at radius 3 is 2.24 bits per heavy atom. The minimum absolute atomic E-state index is 0.0597. The third kappa shape index (κ3) is 10.3. The molecule has 0 saturated carbocycles. The van der Waals surface area contributed by atoms with Crippen LogP contribution in [0.1, 0.15) is 91.4 Å². The number of carbonyl (C=O) groups excluding carboxylic acids is 2. The highest BCUT2D eigenvalue weighted by Gasteiger charge is 2.33. The van der Waals surface area contributed by atoms with E-state index in [0.717, 1.165) is 78.8 Å². The smallest absolute Gasteiger partial charge is 0.310 e. The quantitative estimate of drug-likeness (QED) is 0.116. The Labute approximate surface area is 213 Å². The minimum atomic E-state index is -0.536. The van der Waals surface area contributed by atoms with E-state index in [4.69, 9.17) is 14.5 Å². The molecule has 190 valence electrons. The SMILES string of the molecule is CCCCCCOC(=O)CC(C(=O)OCCCCCC)C(CCC)Sc1nc2ccccc2s1. The molecule has 2 aromatic rings. The highest BCUT2D eigenvalue weighted by atomic mass is 32.2. The van der Waals surface area contributed by atoms with E-state index in [-0.39, 0.29) is 23.6 Å². The van der Waals surface area contributed by atoms with Crippen LogP contribution in [-0.4, -0.2) is 35.4 Å². The van der Waals surface area contributed by atoms with Gasteiger partial charge in [-0.05, 0) is 31.4 Å². The van der Waals surface area contributed by atoms with Crippen LogP contribution >= 0.6 is 23.1 Å². The third-order valence-electron chi connectivity index (χ3n) is 5.74. The van der Waals surface area contributed by atoms with Crippen molar-refractivity contribution in [1.82, 2.24) is 4.98 Å². The van der Waals surface area contributed by atoms with Gasteiger partial charge in [0.1, 0.15) is 0 Å². The number of fused-ring (bicyclic) bond motifs is 1. The lowest BCUT2D eigenvalue weighted by atomic mass is 9.98. The van der Waals surface area contributed by atoms with Crippen molar-refractivity contribution in [2.75, 3.05) is 13.2 Å². The summed E-state index contributed by atoms with van der Waals surface area (Å²) in [4.78, 5) is 30.5. The summed E-state index contributed by atoms with van der Waals surface area (Å²) < 4.78 is 13.2. The van der Waals surface area contributed by atoms with Crippen LogP contribution in [0.15, 0.2) is 28.6 Å². The predicted molar refractivity (Wildman–Crippen MR) is 142 cm³/mol. The number of para-hydroxylation sites is 1. The van der Waals surface area contributed by atoms with Gasteiger partial charge >= 0.3 is 11.9 Å². The van der Waals surface area contributed by atoms with Crippen LogP contribution < -0.4 is 0 Å². The molecule has 1 aromatic heterocycles. The van der Waals surface area contributed by atoms with Gasteiger partial charge in [0.15, 0.2) is 4.34 Å². The van der Waals surface area contributed by atoms with Gasteiger partial charge in [0, 0.05) is 5.25 Å². The van der Waals surface area contributed by atoms with Crippen molar-refractivity contribution in [1.29, 1.82) is 0 Å². The van der Waals surface area contributed by atoms with Crippen LogP contribution in [0.3, 0.4) is 0 Å². The number of esters is 2. The maximum atomic E-state index is 13.1. The molecule has 0 aliphatic rings. The molecule has 0 bridgehead atoms. The van der Waals surface area contributed by atoms with Crippen molar-refractivity contribution in [2.24, 2.45) is 5.92 Å². The summed E-state index contributed by atoms with van der Waals surface area (Å²) in [5.41, 5.74) is 0.965. The number of thiazole rings is 1. The molecule has 7 heteroatoms. The number of rotatable bonds is 18. The molecule has 1 aromatic carbocycles. The van der Waals surface area contributed by atoms with E-state index >= 15 is 0 Å². The first-order valence-corrected chi connectivity index (χ1v) is 14.6. The maximum Gasteiger partial charge on any atom is 0.310 e. The molecule has 2 rings (SSSR count). The van der Waals surface area contributed by atoms with Gasteiger partial charge in [-0.15, -0.1) is 11.3 Å². The fourth-order valence-corrected chi connectivity index (χ4v) is 6.45. The predicted octanol–water partition coefficient (Wildman–Crippen LogP) is 7.81. The molecule has 0 spiro atoms. The maximum absolute atomic E-state index is 13.1. The van der Waals surface area contributed by atoms with Crippen molar-refractivity contribution in [3.8, 4) is 0 Å². The zero-order chi connectivity index (χ0) is 24.6. The summed E-state index contributed by atoms with van der Waals surface area (Å²) >= 11 is 3.23. The fourth-order valence-electron chi connectivity index (χ4n) is 3.79. The molecule has 5 nitrogen and oxygen atoms in total. The van der Waals surface area contributed by atoms with Crippen LogP contribution in [-0.2, 0) is 19.1 Å². The molecule has 0 saturated heterocycles. The number of aromatic nitrogens is 1. The number of thioether (sulfide) groups is 1. The Kier molecular flexibility index (Phi) is 14.3. The molecule has 2 atom stereocenters. The second-order valence-electron chi connectivity index (χ2n) is 8.71. The Hall–Kier alpha value is -1.60. The topological polar surface area (TPSA) is 65.5 Å². The van der Waals surface area contributed by atoms with Gasteiger partial charge in [0.05, 0.1) is 35.8 Å². The van der Waals surface area contributed by atoms with Gasteiger partial charge in [-0.3, -0.25) is 9.59 Å². The van der Waals surface area contributed by atoms with E-state index in [1.54, 1.807) is 23.1 Å². The first-order valence-electron chi connectivity index (χ1n) is 12.9. The monoisotopic (exact) mass is 507 g/mol. The number of hydrogen-bond acceptors (Lipinski definition) is 7. The van der Waals surface area contributed by atoms with Crippen LogP contribution in [0.4, 0.5) is 0 Å². The van der Waals surface area contributed by atoms with Crippen molar-refractivity contribution in [2.45, 2.75) is 101 Å². The van der Waals surface area contributed by atoms with Crippen molar-refractivity contribution >= 4 is 45.3 Å². The van der Waals surface area contributed by atoms with Crippen molar-refractivity contribution in [3.63, 3.8) is 0 Å². The molecule has 2 unspecified atom stereocenters. The number of nitrogens with zero attached hydrogens (tertiary/aromatic N) is 1. The molecule has 0 N–H and O–H groups in total. The van der Waals surface area contributed by atoms with Gasteiger partial charge in [-0.25, -0.2) is 4.98 Å². The van der Waals surface area contributed by atoms with Crippen LogP contribution in [0.2, 0.25) is 0 Å². The summed E-state index contributed by atoms with van der Waals surface area (Å²) in [5, 5.41) is -0.0821. The molecule has 0 aliphatic carbocycles. The van der Waals surface area contributed by atoms with Gasteiger partial charge in [0.25, 0.3) is 0 Å². The summed E-state index contributed by atoms with van der Waals surface area (Å²) in [6.07, 6.45) is 10.2. The number of hydrogen-bond donors (Lipinski definition) is 0. The molecule has 0 radical (unpaired) electrons. The van der Waals surface area contributed by atoms with Gasteiger partial charge in [-0.2, -0.15) is 0 Å². The van der Waals surface area contributed by atoms with E-state index in [2.05, 4.69) is 26.8 Å². The first-order chi connectivity index (χ1) is 16.6. The minimum Gasteiger partial charge on any atom is -0.466 e. The molecule has 0 fully saturated rings. The Morgan fingerprint density at radius 2 is 1.59 bits per heavy atom. The lowest BCUT2D eigenvalue weighted by Crippen LogP contribution is -2.31. The highest BCUT2D eigenvalue weighted by molar-refractivity contribution is 8.01. The average Bonchev–Trinajstić information content (AvgIpc) is 3.24. The molecular weight excluding hydrogens is 466 g/mol. The van der Waals surface area contributed by atoms with Crippen LogP contribution in [0, 0.1) is 5.92 Å². The number of unbranched alkanes of at least 4 members (excludes halogenated alkanes) is 6. The van der Waals surface area contributed by atoms with E-state index in [1.807, 2.05) is 18.2 Å².